The Morgan fingerprint density at radius 3 is 0.800 bits per heavy atom. The van der Waals surface area contributed by atoms with E-state index >= 15 is 0 Å². The second kappa shape index (κ2) is 86.1. The lowest BCUT2D eigenvalue weighted by Crippen LogP contribution is -2.37. The summed E-state index contributed by atoms with van der Waals surface area (Å²) in [4.78, 5) is 37.0. The van der Waals surface area contributed by atoms with Crippen LogP contribution in [0.4, 0.5) is 0 Å². The Balaban J connectivity index is 0.00000120. The lowest BCUT2D eigenvalue weighted by molar-refractivity contribution is -0.150. The lowest BCUT2D eigenvalue weighted by atomic mass is 9.94. The quantitative estimate of drug-likeness (QED) is 0.0251. The van der Waals surface area contributed by atoms with E-state index in [4.69, 9.17) is 27.8 Å². The molecule has 0 aromatic rings. The number of hydrogen-bond acceptors (Lipinski definition) is 12. The Bertz CT molecular complexity index is 1990. The maximum absolute atomic E-state index is 13.1. The van der Waals surface area contributed by atoms with Crippen LogP contribution in [-0.2, 0) is 37.4 Å². The minimum Gasteiger partial charge on any atom is -0.465 e. The van der Waals surface area contributed by atoms with E-state index in [1.807, 2.05) is 0 Å². The van der Waals surface area contributed by atoms with Crippen LogP contribution in [-0.4, -0.2) is 166 Å². The van der Waals surface area contributed by atoms with Gasteiger partial charge in [-0.15, -0.1) is 0 Å². The molecule has 0 spiro atoms. The van der Waals surface area contributed by atoms with Crippen molar-refractivity contribution in [2.45, 2.75) is 568 Å². The highest BCUT2D eigenvalue weighted by Crippen LogP contribution is 2.29. The molecule has 0 aliphatic carbocycles. The highest BCUT2D eigenvalue weighted by atomic mass is 28.4. The molecule has 0 aromatic heterocycles. The van der Waals surface area contributed by atoms with Crippen LogP contribution in [0, 0.1) is 11.8 Å². The van der Waals surface area contributed by atoms with E-state index in [0.29, 0.717) is 13.2 Å². The number of carbonyl (C=O) groups is 2. The molecule has 716 valence electrons. The molecule has 0 bridgehead atoms. The van der Waals surface area contributed by atoms with Crippen molar-refractivity contribution in [1.82, 2.24) is 19.6 Å². The topological polar surface area (TPSA) is 102 Å². The van der Waals surface area contributed by atoms with Gasteiger partial charge in [-0.2, -0.15) is 0 Å². The summed E-state index contributed by atoms with van der Waals surface area (Å²) in [6.07, 6.45) is 88.1. The SMILES string of the molecule is CCCCCCCCOC(CCCCCCC)O[Si](C)(C)CCCCCCN(CCCCCCOC(=O)C(CCCCCC)CCCCCCCC)CCC1CCCN1C.CCCCCCCCOC(CCCCCCC)O[Si](C)(C)CCCCCCN(CCCCCCOC(=O)C(CCCCCC)CCCCCCCC)CCC1CCCN1C. The Morgan fingerprint density at radius 1 is 0.292 bits per heavy atom. The third-order valence-electron chi connectivity index (χ3n) is 27.0. The number of carbonyl (C=O) groups excluding carboxylic acids is 2. The average molecular weight is 1730 g/mol. The standard InChI is InChI=1S/2C53H108N2O4Si/c2*1-8-12-16-20-23-30-39-50(38-29-19-15-11-4)53(56)58-48-35-27-24-32-44-55(46-42-51-40-37-43-54(51)5)45-33-25-28-36-49-60(6,7)59-52(41-31-22-18-14-10-3)57-47-34-26-21-17-13-9-2/h2*50-52H,8-49H2,1-7H3. The van der Waals surface area contributed by atoms with Crippen LogP contribution in [0.25, 0.3) is 0 Å². The van der Waals surface area contributed by atoms with E-state index in [-0.39, 0.29) is 36.4 Å². The van der Waals surface area contributed by atoms with E-state index in [1.165, 1.54) is 450 Å². The van der Waals surface area contributed by atoms with Crippen LogP contribution in [0.5, 0.6) is 0 Å². The van der Waals surface area contributed by atoms with Gasteiger partial charge < -0.3 is 47.4 Å². The van der Waals surface area contributed by atoms with Gasteiger partial charge >= 0.3 is 11.9 Å². The van der Waals surface area contributed by atoms with Crippen molar-refractivity contribution >= 4 is 28.6 Å². The summed E-state index contributed by atoms with van der Waals surface area (Å²) < 4.78 is 38.4. The summed E-state index contributed by atoms with van der Waals surface area (Å²) in [6.45, 7) is 40.8. The van der Waals surface area contributed by atoms with Gasteiger partial charge in [-0.25, -0.2) is 0 Å². The molecule has 12 nitrogen and oxygen atoms in total. The van der Waals surface area contributed by atoms with E-state index in [9.17, 15) is 9.59 Å². The number of rotatable bonds is 92. The molecule has 2 saturated heterocycles. The van der Waals surface area contributed by atoms with Crippen molar-refractivity contribution in [2.75, 3.05) is 92.9 Å². The number of likely N-dealkylation sites (tertiary alicyclic amines) is 2. The Hall–Kier alpha value is -0.946. The molecule has 0 N–H and O–H groups in total. The largest absolute Gasteiger partial charge is 0.465 e. The van der Waals surface area contributed by atoms with Crippen molar-refractivity contribution in [3.05, 3.63) is 0 Å². The molecule has 0 amide bonds. The smallest absolute Gasteiger partial charge is 0.308 e. The fourth-order valence-corrected chi connectivity index (χ4v) is 22.8. The zero-order valence-corrected chi connectivity index (χ0v) is 85.9. The van der Waals surface area contributed by atoms with Gasteiger partial charge in [-0.3, -0.25) is 9.59 Å². The Morgan fingerprint density at radius 2 is 0.525 bits per heavy atom. The first-order valence-electron chi connectivity index (χ1n) is 54.3. The van der Waals surface area contributed by atoms with Crippen LogP contribution in [0.15, 0.2) is 0 Å². The average Bonchev–Trinajstić information content (AvgIpc) is 1.76. The highest BCUT2D eigenvalue weighted by Gasteiger charge is 2.30. The zero-order chi connectivity index (χ0) is 87.6. The first-order valence-corrected chi connectivity index (χ1v) is 60.5. The van der Waals surface area contributed by atoms with Gasteiger partial charge in [-0.05, 0) is 246 Å². The van der Waals surface area contributed by atoms with Gasteiger partial charge in [0.1, 0.15) is 12.6 Å². The third-order valence-corrected chi connectivity index (χ3v) is 31.9. The molecule has 6 unspecified atom stereocenters. The van der Waals surface area contributed by atoms with Crippen LogP contribution in [0.3, 0.4) is 0 Å². The molecule has 2 aliphatic heterocycles. The van der Waals surface area contributed by atoms with Crippen LogP contribution >= 0.6 is 0 Å². The first-order chi connectivity index (χ1) is 58.5. The maximum atomic E-state index is 13.1. The molecule has 14 heteroatoms. The normalized spacial score (nSPS) is 16.0. The van der Waals surface area contributed by atoms with E-state index in [0.717, 1.165) is 89.5 Å². The van der Waals surface area contributed by atoms with Gasteiger partial charge in [-0.1, -0.05) is 364 Å². The molecular weight excluding hydrogens is 1510 g/mol. The van der Waals surface area contributed by atoms with Crippen molar-refractivity contribution in [3.63, 3.8) is 0 Å². The predicted molar refractivity (Wildman–Crippen MR) is 529 cm³/mol. The highest BCUT2D eigenvalue weighted by molar-refractivity contribution is 6.71. The summed E-state index contributed by atoms with van der Waals surface area (Å²) in [6, 6.07) is 4.01. The van der Waals surface area contributed by atoms with E-state index in [2.05, 4.69) is 115 Å². The maximum Gasteiger partial charge on any atom is 0.308 e. The van der Waals surface area contributed by atoms with Crippen LogP contribution in [0.1, 0.15) is 505 Å². The monoisotopic (exact) mass is 1730 g/mol. The number of hydrogen-bond donors (Lipinski definition) is 0. The Labute approximate surface area is 753 Å². The number of nitrogens with zero attached hydrogens (tertiary/aromatic N) is 4. The molecule has 0 saturated carbocycles. The number of esters is 2. The fraction of sp³-hybridized carbons (Fsp3) is 0.981. The molecule has 0 aromatic carbocycles. The molecular formula is C106H216N4O8Si2. The second-order valence-corrected chi connectivity index (χ2v) is 48.3. The summed E-state index contributed by atoms with van der Waals surface area (Å²) in [5.41, 5.74) is 0. The Kier molecular flexibility index (Phi) is 84.0. The third kappa shape index (κ3) is 72.9. The molecule has 2 heterocycles. The molecule has 120 heavy (non-hydrogen) atoms. The number of unbranched alkanes of at least 4 members (excludes halogenated alkanes) is 46. The predicted octanol–water partition coefficient (Wildman–Crippen LogP) is 32.1. The summed E-state index contributed by atoms with van der Waals surface area (Å²) in [7, 11) is 1.10. The van der Waals surface area contributed by atoms with E-state index in [1.54, 1.807) is 0 Å². The number of ether oxygens (including phenoxy) is 4. The van der Waals surface area contributed by atoms with Gasteiger partial charge in [0.15, 0.2) is 16.6 Å². The zero-order valence-electron chi connectivity index (χ0n) is 83.9. The minimum atomic E-state index is -1.78. The van der Waals surface area contributed by atoms with Gasteiger partial charge in [0, 0.05) is 25.3 Å². The molecule has 2 rings (SSSR count). The van der Waals surface area contributed by atoms with Crippen molar-refractivity contribution in [1.29, 1.82) is 0 Å². The molecule has 2 fully saturated rings. The molecule has 6 atom stereocenters. The summed E-state index contributed by atoms with van der Waals surface area (Å²) >= 11 is 0. The van der Waals surface area contributed by atoms with Gasteiger partial charge in [0.05, 0.1) is 25.0 Å². The molecule has 0 radical (unpaired) electrons. The van der Waals surface area contributed by atoms with Crippen molar-refractivity contribution in [3.8, 4) is 0 Å². The van der Waals surface area contributed by atoms with Crippen LogP contribution in [0.2, 0.25) is 38.3 Å². The second-order valence-electron chi connectivity index (χ2n) is 39.8. The van der Waals surface area contributed by atoms with E-state index < -0.39 is 16.6 Å². The van der Waals surface area contributed by atoms with Crippen molar-refractivity contribution in [2.24, 2.45) is 11.8 Å². The summed E-state index contributed by atoms with van der Waals surface area (Å²) in [5, 5.41) is 0. The molecule has 2 aliphatic rings. The van der Waals surface area contributed by atoms with Gasteiger partial charge in [0.2, 0.25) is 0 Å². The first kappa shape index (κ1) is 117. The van der Waals surface area contributed by atoms with Gasteiger partial charge in [0.25, 0.3) is 0 Å². The lowest BCUT2D eigenvalue weighted by Gasteiger charge is -2.30. The minimum absolute atomic E-state index is 0.00334. The summed E-state index contributed by atoms with van der Waals surface area (Å²) in [5.74, 6) is 0.408. The van der Waals surface area contributed by atoms with Crippen molar-refractivity contribution < 1.29 is 37.4 Å². The van der Waals surface area contributed by atoms with Crippen LogP contribution < -0.4 is 0 Å². The fourth-order valence-electron chi connectivity index (χ4n) is 18.6.